The van der Waals surface area contributed by atoms with Crippen LogP contribution in [0.4, 0.5) is 0 Å². The van der Waals surface area contributed by atoms with E-state index in [1.54, 1.807) is 0 Å². The van der Waals surface area contributed by atoms with Gasteiger partial charge in [-0.25, -0.2) is 0 Å². The molecule has 0 aromatic carbocycles. The van der Waals surface area contributed by atoms with Crippen LogP contribution in [0, 0.1) is 0 Å². The second-order valence-electron chi connectivity index (χ2n) is 1.96. The van der Waals surface area contributed by atoms with Crippen LogP contribution < -0.4 is 0 Å². The molecule has 0 saturated heterocycles. The quantitative estimate of drug-likeness (QED) is 0.397. The van der Waals surface area contributed by atoms with Gasteiger partial charge in [0.25, 0.3) is 0 Å². The van der Waals surface area contributed by atoms with E-state index in [0.29, 0.717) is 13.1 Å². The summed E-state index contributed by atoms with van der Waals surface area (Å²) >= 11 is -0.500. The zero-order valence-corrected chi connectivity index (χ0v) is 7.96. The molecule has 0 aromatic heterocycles. The molecule has 5 nitrogen and oxygen atoms in total. The lowest BCUT2D eigenvalue weighted by molar-refractivity contribution is 0.166. The van der Waals surface area contributed by atoms with Gasteiger partial charge in [-0.05, 0) is 6.54 Å². The third-order valence-corrected chi connectivity index (χ3v) is 1.28. The van der Waals surface area contributed by atoms with Crippen LogP contribution in [0.1, 0.15) is 6.92 Å². The highest BCUT2D eigenvalue weighted by Gasteiger charge is 1.97. The Hall–Kier alpha value is -0.140. The van der Waals surface area contributed by atoms with Crippen LogP contribution in [0.3, 0.4) is 0 Å². The van der Waals surface area contributed by atoms with Gasteiger partial charge < -0.3 is 10.2 Å². The number of hydrogen-bond acceptors (Lipinski definition) is 4. The summed E-state index contributed by atoms with van der Waals surface area (Å²) in [4.78, 5) is 1.99. The number of aliphatic hydroxyl groups is 2. The molecule has 0 aliphatic heterocycles. The lowest BCUT2D eigenvalue weighted by Crippen LogP contribution is -2.29. The Balaban J connectivity index is 0. The van der Waals surface area contributed by atoms with Crippen molar-refractivity contribution >= 4 is 11.9 Å². The zero-order chi connectivity index (χ0) is 9.82. The SMILES string of the molecule is CCN(CCO)CCO.O=[S+]O. The zero-order valence-electron chi connectivity index (χ0n) is 7.14. The highest BCUT2D eigenvalue weighted by Crippen LogP contribution is 1.83. The van der Waals surface area contributed by atoms with E-state index in [0.717, 1.165) is 6.54 Å². The van der Waals surface area contributed by atoms with Gasteiger partial charge in [0.15, 0.2) is 0 Å². The molecule has 0 aliphatic rings. The van der Waals surface area contributed by atoms with E-state index in [9.17, 15) is 0 Å². The molecule has 0 heterocycles. The second kappa shape index (κ2) is 13.4. The van der Waals surface area contributed by atoms with Crippen LogP contribution in [-0.2, 0) is 16.2 Å². The Morgan fingerprint density at radius 2 is 1.58 bits per heavy atom. The van der Waals surface area contributed by atoms with Crippen molar-refractivity contribution in [2.45, 2.75) is 6.92 Å². The average Bonchev–Trinajstić information content (AvgIpc) is 2.05. The first-order valence-corrected chi connectivity index (χ1v) is 4.34. The fraction of sp³-hybridized carbons (Fsp3) is 1.00. The third-order valence-electron chi connectivity index (χ3n) is 1.28. The van der Waals surface area contributed by atoms with Gasteiger partial charge in [0.1, 0.15) is 0 Å². The molecule has 0 radical (unpaired) electrons. The van der Waals surface area contributed by atoms with Crippen LogP contribution in [0.5, 0.6) is 0 Å². The highest BCUT2D eigenvalue weighted by atomic mass is 32.2. The van der Waals surface area contributed by atoms with Crippen molar-refractivity contribution in [3.05, 3.63) is 0 Å². The van der Waals surface area contributed by atoms with E-state index >= 15 is 0 Å². The lowest BCUT2D eigenvalue weighted by atomic mass is 10.5. The number of rotatable bonds is 5. The molecule has 6 heteroatoms. The predicted molar refractivity (Wildman–Crippen MR) is 47.0 cm³/mol. The number of aliphatic hydroxyl groups excluding tert-OH is 2. The van der Waals surface area contributed by atoms with E-state index in [4.69, 9.17) is 19.0 Å². The van der Waals surface area contributed by atoms with Crippen molar-refractivity contribution in [1.29, 1.82) is 0 Å². The van der Waals surface area contributed by atoms with Gasteiger partial charge in [0.2, 0.25) is 0 Å². The second-order valence-corrected chi connectivity index (χ2v) is 2.11. The minimum atomic E-state index is -0.500. The molecule has 0 rings (SSSR count). The monoisotopic (exact) mass is 198 g/mol. The molecule has 0 aromatic rings. The van der Waals surface area contributed by atoms with Crippen molar-refractivity contribution in [1.82, 2.24) is 4.90 Å². The molecule has 0 fully saturated rings. The van der Waals surface area contributed by atoms with Crippen LogP contribution >= 0.6 is 0 Å². The smallest absolute Gasteiger partial charge is 0.395 e. The molecule has 0 aliphatic carbocycles. The minimum Gasteiger partial charge on any atom is -0.395 e. The van der Waals surface area contributed by atoms with Crippen molar-refractivity contribution in [2.75, 3.05) is 32.8 Å². The molecule has 0 amide bonds. The summed E-state index contributed by atoms with van der Waals surface area (Å²) in [6.07, 6.45) is 0. The first-order valence-electron chi connectivity index (χ1n) is 3.64. The van der Waals surface area contributed by atoms with Crippen LogP contribution in [0.2, 0.25) is 0 Å². The van der Waals surface area contributed by atoms with E-state index in [2.05, 4.69) is 0 Å². The number of hydrogen-bond donors (Lipinski definition) is 3. The predicted octanol–water partition coefficient (Wildman–Crippen LogP) is -0.820. The Kier molecular flexibility index (Phi) is 16.1. The van der Waals surface area contributed by atoms with Gasteiger partial charge in [-0.2, -0.15) is 0 Å². The number of nitrogens with zero attached hydrogens (tertiary/aromatic N) is 1. The van der Waals surface area contributed by atoms with E-state index < -0.39 is 11.9 Å². The summed E-state index contributed by atoms with van der Waals surface area (Å²) in [5, 5.41) is 16.9. The minimum absolute atomic E-state index is 0.174. The molecular weight excluding hydrogens is 182 g/mol. The molecule has 12 heavy (non-hydrogen) atoms. The highest BCUT2D eigenvalue weighted by molar-refractivity contribution is 7.59. The fourth-order valence-electron chi connectivity index (χ4n) is 0.711. The fourth-order valence-corrected chi connectivity index (χ4v) is 0.711. The maximum Gasteiger partial charge on any atom is 0.690 e. The maximum atomic E-state index is 8.47. The lowest BCUT2D eigenvalue weighted by Gasteiger charge is -2.16. The van der Waals surface area contributed by atoms with E-state index in [-0.39, 0.29) is 13.2 Å². The molecule has 74 valence electrons. The first-order chi connectivity index (χ1) is 5.76. The average molecular weight is 198 g/mol. The van der Waals surface area contributed by atoms with Crippen LogP contribution in [-0.4, -0.2) is 52.5 Å². The molecule has 0 unspecified atom stereocenters. The largest absolute Gasteiger partial charge is 0.690 e. The topological polar surface area (TPSA) is 81.0 Å². The van der Waals surface area contributed by atoms with Gasteiger partial charge >= 0.3 is 11.9 Å². The van der Waals surface area contributed by atoms with Crippen molar-refractivity contribution in [2.24, 2.45) is 0 Å². The summed E-state index contributed by atoms with van der Waals surface area (Å²) in [7, 11) is 0. The maximum absolute atomic E-state index is 8.47. The van der Waals surface area contributed by atoms with Gasteiger partial charge in [-0.1, -0.05) is 11.5 Å². The summed E-state index contributed by atoms with van der Waals surface area (Å²) in [5.74, 6) is 0. The standard InChI is InChI=1S/C6H15NO2.O2S/c1-2-7(3-5-8)4-6-9;1-3-2/h8-9H,2-6H2,1H3;/p+1. The molecule has 0 saturated carbocycles. The first kappa shape index (κ1) is 14.4. The summed E-state index contributed by atoms with van der Waals surface area (Å²) in [6, 6.07) is 0. The van der Waals surface area contributed by atoms with Crippen molar-refractivity contribution < 1.29 is 19.0 Å². The van der Waals surface area contributed by atoms with Crippen molar-refractivity contribution in [3.63, 3.8) is 0 Å². The van der Waals surface area contributed by atoms with Crippen molar-refractivity contribution in [3.8, 4) is 0 Å². The molecule has 3 N–H and O–H groups in total. The number of likely N-dealkylation sites (N-methyl/N-ethyl adjacent to an activating group) is 1. The van der Waals surface area contributed by atoms with Crippen LogP contribution in [0.25, 0.3) is 0 Å². The summed E-state index contributed by atoms with van der Waals surface area (Å²) in [5.41, 5.74) is 0. The third kappa shape index (κ3) is 12.5. The molecule has 0 atom stereocenters. The molecule has 0 bridgehead atoms. The van der Waals surface area contributed by atoms with Gasteiger partial charge in [0, 0.05) is 13.1 Å². The van der Waals surface area contributed by atoms with E-state index in [1.165, 1.54) is 0 Å². The van der Waals surface area contributed by atoms with Gasteiger partial charge in [0.05, 0.1) is 17.4 Å². The molecule has 0 spiro atoms. The van der Waals surface area contributed by atoms with Gasteiger partial charge in [-0.3, -0.25) is 4.90 Å². The Morgan fingerprint density at radius 3 is 1.75 bits per heavy atom. The summed E-state index contributed by atoms with van der Waals surface area (Å²) < 4.78 is 15.3. The summed E-state index contributed by atoms with van der Waals surface area (Å²) in [6.45, 7) is 4.57. The Bertz CT molecular complexity index is 87.6. The Morgan fingerprint density at radius 1 is 1.25 bits per heavy atom. The molecular formula is C6H16NO4S+. The Labute approximate surface area is 76.3 Å². The van der Waals surface area contributed by atoms with Gasteiger partial charge in [-0.15, -0.1) is 0 Å². The normalized spacial score (nSPS) is 9.08. The van der Waals surface area contributed by atoms with E-state index in [1.807, 2.05) is 11.8 Å². The van der Waals surface area contributed by atoms with Crippen LogP contribution in [0.15, 0.2) is 0 Å².